The first-order chi connectivity index (χ1) is 7.80. The van der Waals surface area contributed by atoms with Gasteiger partial charge in [0.25, 0.3) is 0 Å². The molecule has 0 aromatic carbocycles. The van der Waals surface area contributed by atoms with Crippen LogP contribution in [0.15, 0.2) is 0 Å². The predicted molar refractivity (Wildman–Crippen MR) is 62.4 cm³/mol. The molecule has 17 heavy (non-hydrogen) atoms. The van der Waals surface area contributed by atoms with Gasteiger partial charge in [0.2, 0.25) is 5.91 Å². The number of hydrogen-bond donors (Lipinski definition) is 3. The summed E-state index contributed by atoms with van der Waals surface area (Å²) in [7, 11) is 0. The molecule has 1 aliphatic carbocycles. The van der Waals surface area contributed by atoms with Crippen molar-refractivity contribution in [3.8, 4) is 0 Å². The van der Waals surface area contributed by atoms with Crippen molar-refractivity contribution < 1.29 is 19.8 Å². The van der Waals surface area contributed by atoms with Gasteiger partial charge in [-0.05, 0) is 24.2 Å². The molecule has 0 heterocycles. The summed E-state index contributed by atoms with van der Waals surface area (Å²) in [5.74, 6) is -0.765. The molecule has 1 unspecified atom stereocenters. The lowest BCUT2D eigenvalue weighted by molar-refractivity contribution is -0.139. The van der Waals surface area contributed by atoms with Gasteiger partial charge in [-0.2, -0.15) is 0 Å². The molecule has 0 saturated heterocycles. The van der Waals surface area contributed by atoms with Crippen LogP contribution in [-0.4, -0.2) is 34.7 Å². The molecule has 0 radical (unpaired) electrons. The molecule has 0 aliphatic heterocycles. The average Bonchev–Trinajstić information content (AvgIpc) is 2.93. The van der Waals surface area contributed by atoms with Gasteiger partial charge in [-0.25, -0.2) is 0 Å². The van der Waals surface area contributed by atoms with E-state index >= 15 is 0 Å². The molecule has 1 amide bonds. The van der Waals surface area contributed by atoms with Crippen LogP contribution in [0.4, 0.5) is 0 Å². The van der Waals surface area contributed by atoms with Gasteiger partial charge in [0.15, 0.2) is 0 Å². The summed E-state index contributed by atoms with van der Waals surface area (Å²) in [5, 5.41) is 20.9. The highest BCUT2D eigenvalue weighted by Crippen LogP contribution is 2.32. The van der Waals surface area contributed by atoms with Gasteiger partial charge in [0, 0.05) is 13.0 Å². The molecule has 1 rings (SSSR count). The summed E-state index contributed by atoms with van der Waals surface area (Å²) >= 11 is 0. The summed E-state index contributed by atoms with van der Waals surface area (Å²) in [6.07, 6.45) is 1.73. The molecule has 1 aliphatic rings. The van der Waals surface area contributed by atoms with E-state index in [4.69, 9.17) is 5.11 Å². The van der Waals surface area contributed by atoms with Gasteiger partial charge in [0.1, 0.15) is 0 Å². The third kappa shape index (κ3) is 5.68. The number of aliphatic carboxylic acids is 1. The number of carbonyl (C=O) groups is 2. The minimum Gasteiger partial charge on any atom is -0.481 e. The Morgan fingerprint density at radius 1 is 1.35 bits per heavy atom. The molecule has 3 N–H and O–H groups in total. The van der Waals surface area contributed by atoms with E-state index in [-0.39, 0.29) is 25.3 Å². The first-order valence-corrected chi connectivity index (χ1v) is 5.97. The van der Waals surface area contributed by atoms with Gasteiger partial charge in [-0.1, -0.05) is 13.8 Å². The van der Waals surface area contributed by atoms with Gasteiger partial charge in [-0.15, -0.1) is 0 Å². The summed E-state index contributed by atoms with van der Waals surface area (Å²) in [6, 6.07) is 0. The highest BCUT2D eigenvalue weighted by atomic mass is 16.4. The zero-order chi connectivity index (χ0) is 13.1. The van der Waals surface area contributed by atoms with E-state index in [1.165, 1.54) is 0 Å². The van der Waals surface area contributed by atoms with Crippen LogP contribution in [0.1, 0.15) is 39.5 Å². The second-order valence-electron chi connectivity index (χ2n) is 5.62. The van der Waals surface area contributed by atoms with Crippen LogP contribution in [0.25, 0.3) is 0 Å². The number of carbonyl (C=O) groups excluding carboxylic acids is 1. The maximum Gasteiger partial charge on any atom is 0.303 e. The molecular formula is C12H21NO4. The first kappa shape index (κ1) is 14.0. The average molecular weight is 243 g/mol. The normalized spacial score (nSPS) is 17.6. The molecule has 1 atom stereocenters. The van der Waals surface area contributed by atoms with Crippen LogP contribution < -0.4 is 5.32 Å². The Hall–Kier alpha value is -1.10. The SMILES string of the molecule is CC(C)(CC(=O)O)CC(=O)NCC(O)C1CC1. The van der Waals surface area contributed by atoms with E-state index < -0.39 is 17.5 Å². The van der Waals surface area contributed by atoms with Crippen LogP contribution in [0.3, 0.4) is 0 Å². The lowest BCUT2D eigenvalue weighted by Crippen LogP contribution is -2.36. The lowest BCUT2D eigenvalue weighted by atomic mass is 9.85. The van der Waals surface area contributed by atoms with Crippen molar-refractivity contribution in [2.45, 2.75) is 45.6 Å². The number of carboxylic acid groups (broad SMARTS) is 1. The van der Waals surface area contributed by atoms with Gasteiger partial charge in [-0.3, -0.25) is 9.59 Å². The largest absolute Gasteiger partial charge is 0.481 e. The van der Waals surface area contributed by atoms with Crippen LogP contribution in [-0.2, 0) is 9.59 Å². The van der Waals surface area contributed by atoms with Gasteiger partial charge < -0.3 is 15.5 Å². The van der Waals surface area contributed by atoms with Crippen LogP contribution in [0.2, 0.25) is 0 Å². The summed E-state index contributed by atoms with van der Waals surface area (Å²) in [4.78, 5) is 22.2. The van der Waals surface area contributed by atoms with E-state index in [1.54, 1.807) is 13.8 Å². The minimum atomic E-state index is -0.902. The Morgan fingerprint density at radius 2 is 1.94 bits per heavy atom. The molecule has 5 heteroatoms. The lowest BCUT2D eigenvalue weighted by Gasteiger charge is -2.22. The van der Waals surface area contributed by atoms with Crippen LogP contribution >= 0.6 is 0 Å². The number of aliphatic hydroxyl groups excluding tert-OH is 1. The number of rotatable bonds is 7. The maximum atomic E-state index is 11.6. The molecular weight excluding hydrogens is 222 g/mol. The number of carboxylic acids is 1. The number of amides is 1. The van der Waals surface area contributed by atoms with Gasteiger partial charge in [0.05, 0.1) is 12.5 Å². The van der Waals surface area contributed by atoms with Gasteiger partial charge >= 0.3 is 5.97 Å². The summed E-state index contributed by atoms with van der Waals surface area (Å²) in [6.45, 7) is 3.77. The molecule has 98 valence electrons. The fraction of sp³-hybridized carbons (Fsp3) is 0.833. The van der Waals surface area contributed by atoms with Crippen molar-refractivity contribution >= 4 is 11.9 Å². The van der Waals surface area contributed by atoms with E-state index in [0.29, 0.717) is 5.92 Å². The fourth-order valence-corrected chi connectivity index (χ4v) is 1.84. The molecule has 0 aromatic heterocycles. The summed E-state index contributed by atoms with van der Waals surface area (Å²) < 4.78 is 0. The van der Waals surface area contributed by atoms with Crippen LogP contribution in [0, 0.1) is 11.3 Å². The third-order valence-electron chi connectivity index (χ3n) is 2.94. The van der Waals surface area contributed by atoms with Crippen molar-refractivity contribution in [1.82, 2.24) is 5.32 Å². The molecule has 5 nitrogen and oxygen atoms in total. The Balaban J connectivity index is 2.25. The topological polar surface area (TPSA) is 86.6 Å². The van der Waals surface area contributed by atoms with E-state index in [2.05, 4.69) is 5.32 Å². The number of hydrogen-bond acceptors (Lipinski definition) is 3. The number of nitrogens with one attached hydrogen (secondary N) is 1. The second kappa shape index (κ2) is 5.49. The molecule has 0 bridgehead atoms. The molecule has 0 spiro atoms. The molecule has 1 saturated carbocycles. The highest BCUT2D eigenvalue weighted by Gasteiger charge is 2.30. The Bertz CT molecular complexity index is 297. The van der Waals surface area contributed by atoms with E-state index in [9.17, 15) is 14.7 Å². The third-order valence-corrected chi connectivity index (χ3v) is 2.94. The Labute approximate surface area is 101 Å². The van der Waals surface area contributed by atoms with Crippen molar-refractivity contribution in [2.75, 3.05) is 6.54 Å². The minimum absolute atomic E-state index is 0.0361. The number of aliphatic hydroxyl groups is 1. The standard InChI is InChI=1S/C12H21NO4/c1-12(2,6-11(16)17)5-10(15)13-7-9(14)8-3-4-8/h8-9,14H,3-7H2,1-2H3,(H,13,15)(H,16,17). The maximum absolute atomic E-state index is 11.6. The first-order valence-electron chi connectivity index (χ1n) is 5.97. The molecule has 0 aromatic rings. The second-order valence-corrected chi connectivity index (χ2v) is 5.62. The van der Waals surface area contributed by atoms with Crippen molar-refractivity contribution in [3.05, 3.63) is 0 Å². The zero-order valence-corrected chi connectivity index (χ0v) is 10.4. The Morgan fingerprint density at radius 3 is 2.41 bits per heavy atom. The van der Waals surface area contributed by atoms with E-state index in [0.717, 1.165) is 12.8 Å². The van der Waals surface area contributed by atoms with E-state index in [1.807, 2.05) is 0 Å². The van der Waals surface area contributed by atoms with Crippen molar-refractivity contribution in [1.29, 1.82) is 0 Å². The highest BCUT2D eigenvalue weighted by molar-refractivity contribution is 5.77. The monoisotopic (exact) mass is 243 g/mol. The summed E-state index contributed by atoms with van der Waals surface area (Å²) in [5.41, 5.74) is -0.555. The van der Waals surface area contributed by atoms with Crippen molar-refractivity contribution in [2.24, 2.45) is 11.3 Å². The Kier molecular flexibility index (Phi) is 4.51. The molecule has 1 fully saturated rings. The fourth-order valence-electron chi connectivity index (χ4n) is 1.84. The smallest absolute Gasteiger partial charge is 0.303 e. The van der Waals surface area contributed by atoms with Crippen molar-refractivity contribution in [3.63, 3.8) is 0 Å². The quantitative estimate of drug-likeness (QED) is 0.616. The predicted octanol–water partition coefficient (Wildman–Crippen LogP) is 0.764. The van der Waals surface area contributed by atoms with Crippen LogP contribution in [0.5, 0.6) is 0 Å². The zero-order valence-electron chi connectivity index (χ0n) is 10.4.